The summed E-state index contributed by atoms with van der Waals surface area (Å²) in [6.45, 7) is 4.05. The van der Waals surface area contributed by atoms with Crippen LogP contribution in [0, 0.1) is 6.92 Å². The number of hydrogen-bond donors (Lipinski definition) is 1. The van der Waals surface area contributed by atoms with Gasteiger partial charge in [0.1, 0.15) is 0 Å². The Kier molecular flexibility index (Phi) is 6.15. The molecule has 0 unspecified atom stereocenters. The summed E-state index contributed by atoms with van der Waals surface area (Å²) in [5, 5.41) is 1.24. The number of hydrogen-bond acceptors (Lipinski definition) is 3. The molecule has 25 heavy (non-hydrogen) atoms. The van der Waals surface area contributed by atoms with Gasteiger partial charge in [-0.3, -0.25) is 4.98 Å². The molecule has 0 aliphatic carbocycles. The molecule has 1 aromatic heterocycles. The van der Waals surface area contributed by atoms with E-state index >= 15 is 0 Å². The average Bonchev–Trinajstić information content (AvgIpc) is 2.56. The van der Waals surface area contributed by atoms with E-state index in [4.69, 9.17) is 5.73 Å². The molecule has 2 N–H and O–H groups in total. The van der Waals surface area contributed by atoms with Crippen LogP contribution in [0.4, 0.5) is 11.4 Å². The second-order valence-electron chi connectivity index (χ2n) is 6.31. The van der Waals surface area contributed by atoms with Gasteiger partial charge in [0.05, 0.1) is 5.52 Å². The molecular weight excluding hydrogens is 353 g/mol. The van der Waals surface area contributed by atoms with Gasteiger partial charge < -0.3 is 10.6 Å². The fourth-order valence-electron chi connectivity index (χ4n) is 3.62. The lowest BCUT2D eigenvalue weighted by atomic mass is 9.98. The number of nitrogens with two attached hydrogens (primary N) is 1. The highest BCUT2D eigenvalue weighted by Gasteiger charge is 2.19. The zero-order valence-corrected chi connectivity index (χ0v) is 15.9. The van der Waals surface area contributed by atoms with E-state index in [0.29, 0.717) is 0 Å². The predicted octanol–water partition coefficient (Wildman–Crippen LogP) is 4.92. The van der Waals surface area contributed by atoms with E-state index in [1.165, 1.54) is 22.2 Å². The van der Waals surface area contributed by atoms with Crippen molar-refractivity contribution in [1.82, 2.24) is 4.98 Å². The minimum Gasteiger partial charge on any atom is -0.398 e. The first kappa shape index (κ1) is 19.4. The Morgan fingerprint density at radius 3 is 2.72 bits per heavy atom. The van der Waals surface area contributed by atoms with Gasteiger partial charge >= 0.3 is 0 Å². The van der Waals surface area contributed by atoms with Crippen molar-refractivity contribution < 1.29 is 0 Å². The summed E-state index contributed by atoms with van der Waals surface area (Å²) in [6.07, 6.45) is 2.23. The quantitative estimate of drug-likeness (QED) is 0.646. The second-order valence-corrected chi connectivity index (χ2v) is 6.31. The van der Waals surface area contributed by atoms with Gasteiger partial charge in [-0.25, -0.2) is 0 Å². The maximum atomic E-state index is 6.17. The molecule has 2 aromatic carbocycles. The van der Waals surface area contributed by atoms with Crippen LogP contribution in [0.5, 0.6) is 0 Å². The van der Waals surface area contributed by atoms with Gasteiger partial charge in [-0.1, -0.05) is 24.3 Å². The molecule has 0 radical (unpaired) electrons. The Bertz CT molecular complexity index is 880. The number of aromatic nitrogens is 1. The number of anilines is 2. The molecule has 0 amide bonds. The van der Waals surface area contributed by atoms with Crippen molar-refractivity contribution in [3.63, 3.8) is 0 Å². The molecule has 5 heteroatoms. The monoisotopic (exact) mass is 375 g/mol. The van der Waals surface area contributed by atoms with Crippen molar-refractivity contribution >= 4 is 47.1 Å². The number of aryl methyl sites for hydroxylation is 1. The topological polar surface area (TPSA) is 42.1 Å². The van der Waals surface area contributed by atoms with Crippen LogP contribution in [0.25, 0.3) is 10.9 Å². The Labute approximate surface area is 161 Å². The molecule has 1 aliphatic rings. The minimum atomic E-state index is 0. The Morgan fingerprint density at radius 2 is 1.88 bits per heavy atom. The number of fused-ring (bicyclic) bond motifs is 2. The number of pyridine rings is 1. The van der Waals surface area contributed by atoms with E-state index in [0.717, 1.165) is 42.8 Å². The predicted molar refractivity (Wildman–Crippen MR) is 111 cm³/mol. The summed E-state index contributed by atoms with van der Waals surface area (Å²) in [6, 6.07) is 16.9. The Hall–Kier alpha value is -1.97. The van der Waals surface area contributed by atoms with E-state index in [1.54, 1.807) is 0 Å². The average molecular weight is 376 g/mol. The van der Waals surface area contributed by atoms with E-state index in [1.807, 2.05) is 6.07 Å². The van der Waals surface area contributed by atoms with Crippen molar-refractivity contribution in [1.29, 1.82) is 0 Å². The third kappa shape index (κ3) is 3.68. The number of para-hydroxylation sites is 1. The Morgan fingerprint density at radius 1 is 1.08 bits per heavy atom. The van der Waals surface area contributed by atoms with Gasteiger partial charge in [0.15, 0.2) is 0 Å². The SMILES string of the molecule is Cc1cc(CN2CCCc3c(N)cccc32)c2ccccc2n1.Cl.Cl. The summed E-state index contributed by atoms with van der Waals surface area (Å²) < 4.78 is 0. The maximum Gasteiger partial charge on any atom is 0.0708 e. The first-order valence-corrected chi connectivity index (χ1v) is 8.20. The number of nitrogens with zero attached hydrogens (tertiary/aromatic N) is 2. The molecule has 0 saturated carbocycles. The smallest absolute Gasteiger partial charge is 0.0708 e. The summed E-state index contributed by atoms with van der Waals surface area (Å²) in [7, 11) is 0. The van der Waals surface area contributed by atoms with E-state index in [2.05, 4.69) is 59.3 Å². The molecule has 1 aliphatic heterocycles. The zero-order chi connectivity index (χ0) is 15.8. The van der Waals surface area contributed by atoms with Crippen LogP contribution in [-0.4, -0.2) is 11.5 Å². The van der Waals surface area contributed by atoms with Crippen LogP contribution in [-0.2, 0) is 13.0 Å². The van der Waals surface area contributed by atoms with Crippen LogP contribution >= 0.6 is 24.8 Å². The lowest BCUT2D eigenvalue weighted by Gasteiger charge is -2.32. The maximum absolute atomic E-state index is 6.17. The van der Waals surface area contributed by atoms with Crippen LogP contribution in [0.2, 0.25) is 0 Å². The lowest BCUT2D eigenvalue weighted by molar-refractivity contribution is 0.694. The molecule has 0 fully saturated rings. The lowest BCUT2D eigenvalue weighted by Crippen LogP contribution is -2.29. The van der Waals surface area contributed by atoms with Gasteiger partial charge in [0.25, 0.3) is 0 Å². The van der Waals surface area contributed by atoms with Crippen molar-refractivity contribution in [2.75, 3.05) is 17.2 Å². The summed E-state index contributed by atoms with van der Waals surface area (Å²) in [5.74, 6) is 0. The van der Waals surface area contributed by atoms with Crippen LogP contribution in [0.15, 0.2) is 48.5 Å². The van der Waals surface area contributed by atoms with Gasteiger partial charge in [0, 0.05) is 35.5 Å². The standard InChI is InChI=1S/C20H21N3.2ClH/c1-14-12-15(16-6-2-3-9-19(16)22-14)13-23-11-5-7-17-18(21)8-4-10-20(17)23;;/h2-4,6,8-10,12H,5,7,11,13,21H2,1H3;2*1H. The van der Waals surface area contributed by atoms with Crippen LogP contribution < -0.4 is 10.6 Å². The summed E-state index contributed by atoms with van der Waals surface area (Å²) in [5.41, 5.74) is 13.2. The summed E-state index contributed by atoms with van der Waals surface area (Å²) >= 11 is 0. The first-order chi connectivity index (χ1) is 11.2. The highest BCUT2D eigenvalue weighted by Crippen LogP contribution is 2.33. The third-order valence-electron chi connectivity index (χ3n) is 4.67. The van der Waals surface area contributed by atoms with E-state index < -0.39 is 0 Å². The highest BCUT2D eigenvalue weighted by atomic mass is 35.5. The van der Waals surface area contributed by atoms with Crippen molar-refractivity contribution in [3.8, 4) is 0 Å². The molecule has 0 bridgehead atoms. The second kappa shape index (κ2) is 7.94. The molecule has 132 valence electrons. The molecule has 3 nitrogen and oxygen atoms in total. The normalized spacial score (nSPS) is 12.9. The number of benzene rings is 2. The van der Waals surface area contributed by atoms with E-state index in [-0.39, 0.29) is 24.8 Å². The molecule has 3 aromatic rings. The molecule has 0 atom stereocenters. The van der Waals surface area contributed by atoms with Crippen LogP contribution in [0.1, 0.15) is 23.2 Å². The van der Waals surface area contributed by atoms with Crippen molar-refractivity contribution in [2.45, 2.75) is 26.3 Å². The first-order valence-electron chi connectivity index (χ1n) is 8.20. The van der Waals surface area contributed by atoms with E-state index in [9.17, 15) is 0 Å². The van der Waals surface area contributed by atoms with Gasteiger partial charge in [0.2, 0.25) is 0 Å². The largest absolute Gasteiger partial charge is 0.398 e. The van der Waals surface area contributed by atoms with Crippen LogP contribution in [0.3, 0.4) is 0 Å². The minimum absolute atomic E-state index is 0. The molecule has 4 rings (SSSR count). The summed E-state index contributed by atoms with van der Waals surface area (Å²) in [4.78, 5) is 7.10. The fraction of sp³-hybridized carbons (Fsp3) is 0.250. The zero-order valence-electron chi connectivity index (χ0n) is 14.2. The number of nitrogen functional groups attached to an aromatic ring is 1. The van der Waals surface area contributed by atoms with Gasteiger partial charge in [-0.2, -0.15) is 0 Å². The number of halogens is 2. The third-order valence-corrected chi connectivity index (χ3v) is 4.67. The molecular formula is C20H23Cl2N3. The van der Waals surface area contributed by atoms with Gasteiger partial charge in [-0.05, 0) is 55.2 Å². The highest BCUT2D eigenvalue weighted by molar-refractivity contribution is 5.85. The fourth-order valence-corrected chi connectivity index (χ4v) is 3.62. The number of rotatable bonds is 2. The molecule has 2 heterocycles. The van der Waals surface area contributed by atoms with Gasteiger partial charge in [-0.15, -0.1) is 24.8 Å². The van der Waals surface area contributed by atoms with Crippen molar-refractivity contribution in [2.24, 2.45) is 0 Å². The van der Waals surface area contributed by atoms with Crippen molar-refractivity contribution in [3.05, 3.63) is 65.4 Å². The molecule has 0 spiro atoms. The Balaban J connectivity index is 0.00000113. The molecule has 0 saturated heterocycles.